The van der Waals surface area contributed by atoms with E-state index in [4.69, 9.17) is 0 Å². The summed E-state index contributed by atoms with van der Waals surface area (Å²) >= 11 is 0. The van der Waals surface area contributed by atoms with Crippen LogP contribution in [0.3, 0.4) is 0 Å². The molecule has 0 atom stereocenters. The zero-order valence-corrected chi connectivity index (χ0v) is 11.8. The van der Waals surface area contributed by atoms with Crippen LogP contribution in [0.1, 0.15) is 26.2 Å². The standard InChI is InChI=1S/C12H16N2O5S/c1-2-12(5-6-12)8-13-20(18,19)9-3-4-11(15)10(7-9)14(16)17/h3-4,7,13,15H,2,5-6,8H2,1H3. The molecular weight excluding hydrogens is 284 g/mol. The minimum Gasteiger partial charge on any atom is -0.502 e. The van der Waals surface area contributed by atoms with Crippen molar-refractivity contribution in [1.82, 2.24) is 4.72 Å². The third kappa shape index (κ3) is 2.91. The number of benzene rings is 1. The van der Waals surface area contributed by atoms with E-state index in [2.05, 4.69) is 4.72 Å². The number of nitro groups is 1. The molecule has 1 aliphatic rings. The van der Waals surface area contributed by atoms with Gasteiger partial charge in [-0.2, -0.15) is 0 Å². The lowest BCUT2D eigenvalue weighted by Crippen LogP contribution is -2.30. The van der Waals surface area contributed by atoms with Crippen LogP contribution in [0.2, 0.25) is 0 Å². The Hall–Kier alpha value is -1.67. The van der Waals surface area contributed by atoms with Gasteiger partial charge in [0, 0.05) is 12.6 Å². The van der Waals surface area contributed by atoms with Crippen LogP contribution in [0, 0.1) is 15.5 Å². The van der Waals surface area contributed by atoms with Gasteiger partial charge in [0.25, 0.3) is 0 Å². The Morgan fingerprint density at radius 1 is 1.45 bits per heavy atom. The molecule has 1 saturated carbocycles. The number of nitro benzene ring substituents is 1. The number of aromatic hydroxyl groups is 1. The molecule has 1 aliphatic carbocycles. The number of nitrogens with one attached hydrogen (secondary N) is 1. The van der Waals surface area contributed by atoms with Crippen molar-refractivity contribution >= 4 is 15.7 Å². The molecule has 1 fully saturated rings. The molecule has 8 heteroatoms. The smallest absolute Gasteiger partial charge is 0.312 e. The average molecular weight is 300 g/mol. The first-order valence-electron chi connectivity index (χ1n) is 6.27. The predicted octanol–water partition coefficient (Wildman–Crippen LogP) is 1.77. The molecule has 20 heavy (non-hydrogen) atoms. The summed E-state index contributed by atoms with van der Waals surface area (Å²) in [5.41, 5.74) is -0.583. The lowest BCUT2D eigenvalue weighted by Gasteiger charge is -2.13. The largest absolute Gasteiger partial charge is 0.502 e. The highest BCUT2D eigenvalue weighted by molar-refractivity contribution is 7.89. The fourth-order valence-electron chi connectivity index (χ4n) is 1.98. The number of sulfonamides is 1. The quantitative estimate of drug-likeness (QED) is 0.614. The normalized spacial score (nSPS) is 16.9. The maximum atomic E-state index is 12.1. The van der Waals surface area contributed by atoms with E-state index in [0.29, 0.717) is 6.54 Å². The Kier molecular flexibility index (Phi) is 3.70. The minimum absolute atomic E-state index is 0.0376. The second-order valence-electron chi connectivity index (χ2n) is 5.09. The summed E-state index contributed by atoms with van der Waals surface area (Å²) in [4.78, 5) is 9.67. The van der Waals surface area contributed by atoms with Crippen LogP contribution in [-0.2, 0) is 10.0 Å². The van der Waals surface area contributed by atoms with Crippen LogP contribution in [-0.4, -0.2) is 25.0 Å². The first-order valence-corrected chi connectivity index (χ1v) is 7.75. The molecule has 0 aliphatic heterocycles. The third-order valence-electron chi connectivity index (χ3n) is 3.80. The van der Waals surface area contributed by atoms with Crippen LogP contribution < -0.4 is 4.72 Å². The zero-order chi connectivity index (χ0) is 15.0. The van der Waals surface area contributed by atoms with Crippen molar-refractivity contribution in [3.05, 3.63) is 28.3 Å². The highest BCUT2D eigenvalue weighted by Gasteiger charge is 2.41. The summed E-state index contributed by atoms with van der Waals surface area (Å²) in [6, 6.07) is 3.03. The molecule has 0 amide bonds. The fourth-order valence-corrected chi connectivity index (χ4v) is 3.16. The van der Waals surface area contributed by atoms with Gasteiger partial charge in [0.1, 0.15) is 0 Å². The molecule has 1 aromatic carbocycles. The van der Waals surface area contributed by atoms with E-state index in [1.54, 1.807) is 0 Å². The van der Waals surface area contributed by atoms with Crippen LogP contribution in [0.25, 0.3) is 0 Å². The van der Waals surface area contributed by atoms with Gasteiger partial charge >= 0.3 is 5.69 Å². The van der Waals surface area contributed by atoms with Crippen molar-refractivity contribution in [3.63, 3.8) is 0 Å². The number of nitrogens with zero attached hydrogens (tertiary/aromatic N) is 1. The Labute approximate surface area is 116 Å². The third-order valence-corrected chi connectivity index (χ3v) is 5.20. The minimum atomic E-state index is -3.80. The molecule has 0 spiro atoms. The molecule has 2 N–H and O–H groups in total. The number of hydrogen-bond acceptors (Lipinski definition) is 5. The number of phenolic OH excluding ortho intramolecular Hbond substituents is 1. The molecule has 0 unspecified atom stereocenters. The van der Waals surface area contributed by atoms with Crippen LogP contribution >= 0.6 is 0 Å². The summed E-state index contributed by atoms with van der Waals surface area (Å²) < 4.78 is 26.7. The van der Waals surface area contributed by atoms with Crippen molar-refractivity contribution in [2.24, 2.45) is 5.41 Å². The first-order chi connectivity index (χ1) is 9.30. The van der Waals surface area contributed by atoms with Gasteiger partial charge in [-0.15, -0.1) is 0 Å². The van der Waals surface area contributed by atoms with E-state index in [1.165, 1.54) is 0 Å². The number of hydrogen-bond donors (Lipinski definition) is 2. The van der Waals surface area contributed by atoms with Crippen LogP contribution in [0.15, 0.2) is 23.1 Å². The highest BCUT2D eigenvalue weighted by Crippen LogP contribution is 2.48. The SMILES string of the molecule is CCC1(CNS(=O)(=O)c2ccc(O)c([N+](=O)[O-])c2)CC1. The average Bonchev–Trinajstić information content (AvgIpc) is 3.17. The summed E-state index contributed by atoms with van der Waals surface area (Å²) in [6.45, 7) is 2.34. The predicted molar refractivity (Wildman–Crippen MR) is 71.9 cm³/mol. The second kappa shape index (κ2) is 5.02. The molecule has 2 rings (SSSR count). The lowest BCUT2D eigenvalue weighted by atomic mass is 10.1. The second-order valence-corrected chi connectivity index (χ2v) is 6.85. The van der Waals surface area contributed by atoms with Gasteiger partial charge in [-0.05, 0) is 36.8 Å². The van der Waals surface area contributed by atoms with Gasteiger partial charge in [0.05, 0.1) is 9.82 Å². The number of rotatable bonds is 6. The van der Waals surface area contributed by atoms with Crippen molar-refractivity contribution in [3.8, 4) is 5.75 Å². The van der Waals surface area contributed by atoms with Gasteiger partial charge in [0.15, 0.2) is 5.75 Å². The van der Waals surface area contributed by atoms with Crippen molar-refractivity contribution in [2.45, 2.75) is 31.1 Å². The zero-order valence-electron chi connectivity index (χ0n) is 11.0. The monoisotopic (exact) mass is 300 g/mol. The molecule has 0 aromatic heterocycles. The van der Waals surface area contributed by atoms with Gasteiger partial charge in [0.2, 0.25) is 10.0 Å². The van der Waals surface area contributed by atoms with E-state index < -0.39 is 26.4 Å². The van der Waals surface area contributed by atoms with Gasteiger partial charge in [-0.3, -0.25) is 10.1 Å². The molecule has 1 aromatic rings. The molecular formula is C12H16N2O5S. The Morgan fingerprint density at radius 2 is 2.10 bits per heavy atom. The maximum absolute atomic E-state index is 12.1. The van der Waals surface area contributed by atoms with Gasteiger partial charge < -0.3 is 5.11 Å². The van der Waals surface area contributed by atoms with E-state index >= 15 is 0 Å². The van der Waals surface area contributed by atoms with Crippen molar-refractivity contribution in [2.75, 3.05) is 6.54 Å². The first kappa shape index (κ1) is 14.7. The molecule has 7 nitrogen and oxygen atoms in total. The molecule has 0 heterocycles. The topological polar surface area (TPSA) is 110 Å². The van der Waals surface area contributed by atoms with Crippen molar-refractivity contribution < 1.29 is 18.4 Å². The van der Waals surface area contributed by atoms with Gasteiger partial charge in [-0.1, -0.05) is 6.92 Å². The maximum Gasteiger partial charge on any atom is 0.312 e. The van der Waals surface area contributed by atoms with Crippen molar-refractivity contribution in [1.29, 1.82) is 0 Å². The fraction of sp³-hybridized carbons (Fsp3) is 0.500. The number of phenols is 1. The summed E-state index contributed by atoms with van der Waals surface area (Å²) in [7, 11) is -3.80. The Morgan fingerprint density at radius 3 is 2.60 bits per heavy atom. The van der Waals surface area contributed by atoms with Crippen LogP contribution in [0.5, 0.6) is 5.75 Å². The molecule has 0 radical (unpaired) electrons. The van der Waals surface area contributed by atoms with E-state index in [1.807, 2.05) is 6.92 Å². The van der Waals surface area contributed by atoms with Crippen LogP contribution in [0.4, 0.5) is 5.69 Å². The van der Waals surface area contributed by atoms with Gasteiger partial charge in [-0.25, -0.2) is 13.1 Å². The highest BCUT2D eigenvalue weighted by atomic mass is 32.2. The Bertz CT molecular complexity index is 637. The summed E-state index contributed by atoms with van der Waals surface area (Å²) in [5.74, 6) is -0.554. The lowest BCUT2D eigenvalue weighted by molar-refractivity contribution is -0.386. The molecule has 0 bridgehead atoms. The molecule has 110 valence electrons. The summed E-state index contributed by atoms with van der Waals surface area (Å²) in [5, 5.41) is 20.0. The summed E-state index contributed by atoms with van der Waals surface area (Å²) in [6.07, 6.45) is 2.87. The van der Waals surface area contributed by atoms with E-state index in [9.17, 15) is 23.6 Å². The van der Waals surface area contributed by atoms with E-state index in [-0.39, 0.29) is 10.3 Å². The Balaban J connectivity index is 2.21. The van der Waals surface area contributed by atoms with E-state index in [0.717, 1.165) is 37.5 Å². The molecule has 0 saturated heterocycles.